The molecule has 0 radical (unpaired) electrons. The van der Waals surface area contributed by atoms with E-state index in [4.69, 9.17) is 16.7 Å². The first kappa shape index (κ1) is 11.0. The van der Waals surface area contributed by atoms with Crippen molar-refractivity contribution in [3.8, 4) is 0 Å². The van der Waals surface area contributed by atoms with Gasteiger partial charge in [0, 0.05) is 5.69 Å². The third-order valence-electron chi connectivity index (χ3n) is 1.99. The van der Waals surface area contributed by atoms with Crippen molar-refractivity contribution in [2.45, 2.75) is 26.2 Å². The Morgan fingerprint density at radius 2 is 2.29 bits per heavy atom. The second-order valence-electron chi connectivity index (χ2n) is 3.36. The van der Waals surface area contributed by atoms with Crippen molar-refractivity contribution in [1.29, 1.82) is 0 Å². The van der Waals surface area contributed by atoms with Gasteiger partial charge in [0.1, 0.15) is 5.15 Å². The molecule has 0 bridgehead atoms. The molecule has 0 aliphatic carbocycles. The predicted octanol–water partition coefficient (Wildman–Crippen LogP) is 2.62. The summed E-state index contributed by atoms with van der Waals surface area (Å²) < 4.78 is 0. The molecule has 1 aromatic rings. The number of aliphatic carboxylic acids is 1. The fourth-order valence-corrected chi connectivity index (χ4v) is 1.58. The van der Waals surface area contributed by atoms with E-state index in [2.05, 4.69) is 4.98 Å². The molecule has 1 unspecified atom stereocenters. The van der Waals surface area contributed by atoms with Crippen LogP contribution in [0.25, 0.3) is 0 Å². The average Bonchev–Trinajstić information content (AvgIpc) is 2.00. The average molecular weight is 214 g/mol. The van der Waals surface area contributed by atoms with E-state index < -0.39 is 5.97 Å². The zero-order valence-corrected chi connectivity index (χ0v) is 8.88. The molecule has 76 valence electrons. The molecule has 0 fully saturated rings. The molecular weight excluding hydrogens is 202 g/mol. The molecule has 0 aromatic carbocycles. The monoisotopic (exact) mass is 213 g/mol. The first-order chi connectivity index (χ1) is 6.49. The number of carbonyl (C=O) groups is 1. The Morgan fingerprint density at radius 1 is 1.64 bits per heavy atom. The van der Waals surface area contributed by atoms with Crippen molar-refractivity contribution in [1.82, 2.24) is 4.98 Å². The van der Waals surface area contributed by atoms with Crippen LogP contribution in [0.5, 0.6) is 0 Å². The minimum atomic E-state index is -0.803. The van der Waals surface area contributed by atoms with Crippen LogP contribution in [-0.2, 0) is 4.79 Å². The van der Waals surface area contributed by atoms with Crippen LogP contribution in [0.4, 0.5) is 0 Å². The highest BCUT2D eigenvalue weighted by molar-refractivity contribution is 6.29. The second-order valence-corrected chi connectivity index (χ2v) is 3.75. The quantitative estimate of drug-likeness (QED) is 0.786. The van der Waals surface area contributed by atoms with Gasteiger partial charge in [-0.25, -0.2) is 4.98 Å². The predicted molar refractivity (Wildman–Crippen MR) is 54.7 cm³/mol. The smallest absolute Gasteiger partial charge is 0.303 e. The van der Waals surface area contributed by atoms with Crippen molar-refractivity contribution >= 4 is 17.6 Å². The number of aromatic nitrogens is 1. The van der Waals surface area contributed by atoms with Crippen molar-refractivity contribution in [3.63, 3.8) is 0 Å². The van der Waals surface area contributed by atoms with Crippen LogP contribution in [0.1, 0.15) is 30.5 Å². The minimum absolute atomic E-state index is 0.0355. The number of halogens is 1. The molecule has 0 amide bonds. The molecule has 0 spiro atoms. The molecule has 1 rings (SSSR count). The number of carboxylic acid groups (broad SMARTS) is 1. The Labute approximate surface area is 87.7 Å². The number of hydrogen-bond acceptors (Lipinski definition) is 2. The topological polar surface area (TPSA) is 50.2 Å². The molecule has 0 saturated carbocycles. The van der Waals surface area contributed by atoms with E-state index in [1.807, 2.05) is 19.9 Å². The molecule has 1 atom stereocenters. The van der Waals surface area contributed by atoms with E-state index >= 15 is 0 Å². The highest BCUT2D eigenvalue weighted by atomic mass is 35.5. The highest BCUT2D eigenvalue weighted by Gasteiger charge is 2.11. The fraction of sp³-hybridized carbons (Fsp3) is 0.400. The van der Waals surface area contributed by atoms with E-state index in [9.17, 15) is 4.79 Å². The summed E-state index contributed by atoms with van der Waals surface area (Å²) in [4.78, 5) is 14.5. The van der Waals surface area contributed by atoms with Crippen LogP contribution in [0.15, 0.2) is 12.1 Å². The van der Waals surface area contributed by atoms with Crippen LogP contribution in [0.3, 0.4) is 0 Å². The lowest BCUT2D eigenvalue weighted by atomic mass is 9.98. The van der Waals surface area contributed by atoms with Crippen LogP contribution in [-0.4, -0.2) is 16.1 Å². The van der Waals surface area contributed by atoms with Crippen LogP contribution in [0, 0.1) is 6.92 Å². The molecule has 0 aliphatic heterocycles. The van der Waals surface area contributed by atoms with Crippen molar-refractivity contribution in [3.05, 3.63) is 28.5 Å². The lowest BCUT2D eigenvalue weighted by molar-refractivity contribution is -0.137. The summed E-state index contributed by atoms with van der Waals surface area (Å²) in [6, 6.07) is 3.57. The van der Waals surface area contributed by atoms with Gasteiger partial charge < -0.3 is 5.11 Å². The molecule has 3 nitrogen and oxygen atoms in total. The lowest BCUT2D eigenvalue weighted by Crippen LogP contribution is -2.03. The summed E-state index contributed by atoms with van der Waals surface area (Å²) >= 11 is 5.77. The van der Waals surface area contributed by atoms with Gasteiger partial charge in [-0.1, -0.05) is 18.5 Å². The number of aryl methyl sites for hydroxylation is 1. The summed E-state index contributed by atoms with van der Waals surface area (Å²) in [7, 11) is 0. The van der Waals surface area contributed by atoms with Crippen LogP contribution < -0.4 is 0 Å². The van der Waals surface area contributed by atoms with Crippen LogP contribution in [0.2, 0.25) is 5.15 Å². The van der Waals surface area contributed by atoms with E-state index in [1.165, 1.54) is 0 Å². The number of nitrogens with zero attached hydrogens (tertiary/aromatic N) is 1. The highest BCUT2D eigenvalue weighted by Crippen LogP contribution is 2.21. The van der Waals surface area contributed by atoms with Crippen molar-refractivity contribution in [2.24, 2.45) is 0 Å². The van der Waals surface area contributed by atoms with Gasteiger partial charge in [0.15, 0.2) is 0 Å². The summed E-state index contributed by atoms with van der Waals surface area (Å²) in [6.07, 6.45) is 0.111. The van der Waals surface area contributed by atoms with Crippen LogP contribution >= 0.6 is 11.6 Å². The summed E-state index contributed by atoms with van der Waals surface area (Å²) in [6.45, 7) is 3.70. The Balaban J connectivity index is 2.89. The van der Waals surface area contributed by atoms with Gasteiger partial charge in [-0.05, 0) is 30.5 Å². The molecular formula is C10H12ClNO2. The number of pyridine rings is 1. The second kappa shape index (κ2) is 4.42. The first-order valence-corrected chi connectivity index (χ1v) is 4.72. The normalized spacial score (nSPS) is 12.5. The molecule has 14 heavy (non-hydrogen) atoms. The first-order valence-electron chi connectivity index (χ1n) is 4.35. The van der Waals surface area contributed by atoms with Crippen molar-refractivity contribution < 1.29 is 9.90 Å². The van der Waals surface area contributed by atoms with Gasteiger partial charge in [0.05, 0.1) is 6.42 Å². The van der Waals surface area contributed by atoms with Gasteiger partial charge in [-0.15, -0.1) is 0 Å². The van der Waals surface area contributed by atoms with Gasteiger partial charge in [0.25, 0.3) is 0 Å². The largest absolute Gasteiger partial charge is 0.481 e. The van der Waals surface area contributed by atoms with E-state index in [-0.39, 0.29) is 12.3 Å². The minimum Gasteiger partial charge on any atom is -0.481 e. The third-order valence-corrected chi connectivity index (χ3v) is 2.19. The molecule has 0 aliphatic rings. The zero-order valence-electron chi connectivity index (χ0n) is 8.12. The van der Waals surface area contributed by atoms with Gasteiger partial charge in [0.2, 0.25) is 0 Å². The summed E-state index contributed by atoms with van der Waals surface area (Å²) in [5, 5.41) is 9.05. The maximum absolute atomic E-state index is 10.5. The lowest BCUT2D eigenvalue weighted by Gasteiger charge is -2.09. The van der Waals surface area contributed by atoms with E-state index in [0.717, 1.165) is 11.3 Å². The SMILES string of the molecule is Cc1cc(C(C)CC(=O)O)cc(Cl)n1. The Bertz CT molecular complexity index is 332. The van der Waals surface area contributed by atoms with Gasteiger partial charge >= 0.3 is 5.97 Å². The maximum atomic E-state index is 10.5. The Morgan fingerprint density at radius 3 is 2.79 bits per heavy atom. The molecule has 4 heteroatoms. The molecule has 0 saturated heterocycles. The van der Waals surface area contributed by atoms with Gasteiger partial charge in [-0.2, -0.15) is 0 Å². The molecule has 1 aromatic heterocycles. The van der Waals surface area contributed by atoms with Gasteiger partial charge in [-0.3, -0.25) is 4.79 Å². The summed E-state index contributed by atoms with van der Waals surface area (Å²) in [5.74, 6) is -0.838. The molecule has 1 heterocycles. The standard InChI is InChI=1S/C10H12ClNO2/c1-6(3-10(13)14)8-4-7(2)12-9(11)5-8/h4-6H,3H2,1-2H3,(H,13,14). The zero-order chi connectivity index (χ0) is 10.7. The molecule has 1 N–H and O–H groups in total. The number of carboxylic acids is 1. The Kier molecular flexibility index (Phi) is 3.47. The number of hydrogen-bond donors (Lipinski definition) is 1. The summed E-state index contributed by atoms with van der Waals surface area (Å²) in [5.41, 5.74) is 1.73. The van der Waals surface area contributed by atoms with E-state index in [1.54, 1.807) is 6.07 Å². The third kappa shape index (κ3) is 3.00. The fourth-order valence-electron chi connectivity index (χ4n) is 1.32. The number of rotatable bonds is 3. The Hall–Kier alpha value is -1.09. The van der Waals surface area contributed by atoms with Crippen molar-refractivity contribution in [2.75, 3.05) is 0 Å². The maximum Gasteiger partial charge on any atom is 0.303 e. The van der Waals surface area contributed by atoms with E-state index in [0.29, 0.717) is 5.15 Å².